The van der Waals surface area contributed by atoms with Crippen molar-refractivity contribution in [1.29, 1.82) is 0 Å². The maximum absolute atomic E-state index is 12.8. The summed E-state index contributed by atoms with van der Waals surface area (Å²) in [7, 11) is 0. The molecule has 0 aliphatic heterocycles. The van der Waals surface area contributed by atoms with E-state index in [0.29, 0.717) is 23.5 Å². The van der Waals surface area contributed by atoms with E-state index in [4.69, 9.17) is 4.74 Å². The summed E-state index contributed by atoms with van der Waals surface area (Å²) in [5, 5.41) is 5.73. The average Bonchev–Trinajstić information content (AvgIpc) is 2.78. The van der Waals surface area contributed by atoms with Crippen LogP contribution in [0.1, 0.15) is 48.2 Å². The Hall–Kier alpha value is -3.60. The molecule has 2 amide bonds. The second kappa shape index (κ2) is 10.4. The first-order chi connectivity index (χ1) is 15.0. The van der Waals surface area contributed by atoms with Gasteiger partial charge in [-0.15, -0.1) is 0 Å². The van der Waals surface area contributed by atoms with Gasteiger partial charge in [-0.3, -0.25) is 9.59 Å². The minimum absolute atomic E-state index is 0.251. The molecule has 1 atom stereocenters. The molecule has 0 aliphatic carbocycles. The number of amides is 2. The molecule has 31 heavy (non-hydrogen) atoms. The molecule has 0 bridgehead atoms. The monoisotopic (exact) mass is 416 g/mol. The first kappa shape index (κ1) is 22.1. The molecule has 5 heteroatoms. The molecule has 0 aliphatic rings. The van der Waals surface area contributed by atoms with Gasteiger partial charge < -0.3 is 15.4 Å². The number of anilines is 1. The van der Waals surface area contributed by atoms with Crippen molar-refractivity contribution in [2.24, 2.45) is 0 Å². The number of hydrogen-bond donors (Lipinski definition) is 2. The number of hydrogen-bond acceptors (Lipinski definition) is 3. The molecule has 160 valence electrons. The Morgan fingerprint density at radius 1 is 0.839 bits per heavy atom. The van der Waals surface area contributed by atoms with Crippen LogP contribution in [0.15, 0.2) is 78.9 Å². The molecule has 3 aromatic rings. The third-order valence-electron chi connectivity index (χ3n) is 4.94. The fraction of sp³-hybridized carbons (Fsp3) is 0.231. The Morgan fingerprint density at radius 2 is 1.48 bits per heavy atom. The molecule has 3 aromatic carbocycles. The fourth-order valence-electron chi connectivity index (χ4n) is 3.21. The van der Waals surface area contributed by atoms with E-state index < -0.39 is 6.10 Å². The van der Waals surface area contributed by atoms with Gasteiger partial charge >= 0.3 is 0 Å². The van der Waals surface area contributed by atoms with Crippen molar-refractivity contribution in [3.05, 3.63) is 95.6 Å². The van der Waals surface area contributed by atoms with Gasteiger partial charge in [0.1, 0.15) is 5.75 Å². The van der Waals surface area contributed by atoms with Crippen LogP contribution in [0.3, 0.4) is 0 Å². The van der Waals surface area contributed by atoms with Crippen molar-refractivity contribution in [2.45, 2.75) is 39.3 Å². The van der Waals surface area contributed by atoms with E-state index in [1.807, 2.05) is 54.6 Å². The maximum Gasteiger partial charge on any atom is 0.265 e. The minimum Gasteiger partial charge on any atom is -0.481 e. The first-order valence-electron chi connectivity index (χ1n) is 10.4. The van der Waals surface area contributed by atoms with Crippen LogP contribution in [-0.2, 0) is 11.3 Å². The summed E-state index contributed by atoms with van der Waals surface area (Å²) in [4.78, 5) is 25.5. The summed E-state index contributed by atoms with van der Waals surface area (Å²) in [6.45, 7) is 6.27. The van der Waals surface area contributed by atoms with Crippen LogP contribution in [0.4, 0.5) is 5.69 Å². The van der Waals surface area contributed by atoms with Crippen LogP contribution in [0.5, 0.6) is 5.75 Å². The smallest absolute Gasteiger partial charge is 0.265 e. The van der Waals surface area contributed by atoms with Crippen LogP contribution in [0.25, 0.3) is 0 Å². The molecule has 0 radical (unpaired) electrons. The Labute approximate surface area is 183 Å². The van der Waals surface area contributed by atoms with Gasteiger partial charge in [-0.2, -0.15) is 0 Å². The summed E-state index contributed by atoms with van der Waals surface area (Å²) >= 11 is 0. The van der Waals surface area contributed by atoms with E-state index in [9.17, 15) is 9.59 Å². The van der Waals surface area contributed by atoms with Gasteiger partial charge in [0, 0.05) is 6.54 Å². The molecule has 3 rings (SSSR count). The van der Waals surface area contributed by atoms with E-state index in [1.165, 1.54) is 0 Å². The van der Waals surface area contributed by atoms with Crippen LogP contribution >= 0.6 is 0 Å². The number of ether oxygens (including phenoxy) is 1. The third kappa shape index (κ3) is 5.95. The molecule has 0 aromatic heterocycles. The van der Waals surface area contributed by atoms with Gasteiger partial charge in [-0.25, -0.2) is 0 Å². The fourth-order valence-corrected chi connectivity index (χ4v) is 3.21. The molecule has 5 nitrogen and oxygen atoms in total. The van der Waals surface area contributed by atoms with Crippen LogP contribution in [-0.4, -0.2) is 17.9 Å². The lowest BCUT2D eigenvalue weighted by Gasteiger charge is -2.19. The second-order valence-electron chi connectivity index (χ2n) is 7.66. The average molecular weight is 417 g/mol. The highest BCUT2D eigenvalue weighted by atomic mass is 16.5. The lowest BCUT2D eigenvalue weighted by Crippen LogP contribution is -2.32. The molecule has 0 saturated carbocycles. The molecule has 0 fully saturated rings. The van der Waals surface area contributed by atoms with Gasteiger partial charge in [0.05, 0.1) is 11.3 Å². The van der Waals surface area contributed by atoms with Crippen LogP contribution in [0.2, 0.25) is 0 Å². The Balaban J connectivity index is 1.67. The zero-order valence-electron chi connectivity index (χ0n) is 18.1. The van der Waals surface area contributed by atoms with Crippen molar-refractivity contribution >= 4 is 17.5 Å². The molecule has 1 unspecified atom stereocenters. The maximum atomic E-state index is 12.8. The summed E-state index contributed by atoms with van der Waals surface area (Å²) < 4.78 is 5.93. The molecular formula is C26H28N2O3. The lowest BCUT2D eigenvalue weighted by atomic mass is 10.0. The standard InChI is InChI=1S/C26H28N2O3/c1-18(2)21-13-8-10-16-24(21)31-19(3)25(29)28-23-15-9-7-14-22(23)26(30)27-17-20-11-5-4-6-12-20/h4-16,18-19H,17H2,1-3H3,(H,27,30)(H,28,29). The van der Waals surface area contributed by atoms with Crippen molar-refractivity contribution in [3.8, 4) is 5.75 Å². The second-order valence-corrected chi connectivity index (χ2v) is 7.66. The largest absolute Gasteiger partial charge is 0.481 e. The number of carbonyl (C=O) groups excluding carboxylic acids is 2. The quantitative estimate of drug-likeness (QED) is 0.534. The van der Waals surface area contributed by atoms with Gasteiger partial charge in [-0.05, 0) is 42.2 Å². The Morgan fingerprint density at radius 3 is 2.23 bits per heavy atom. The van der Waals surface area contributed by atoms with Gasteiger partial charge in [-0.1, -0.05) is 74.5 Å². The molecule has 0 heterocycles. The number of benzene rings is 3. The van der Waals surface area contributed by atoms with E-state index in [-0.39, 0.29) is 17.7 Å². The molecule has 0 saturated heterocycles. The van der Waals surface area contributed by atoms with Crippen molar-refractivity contribution in [2.75, 3.05) is 5.32 Å². The van der Waals surface area contributed by atoms with Crippen molar-refractivity contribution in [3.63, 3.8) is 0 Å². The minimum atomic E-state index is -0.722. The SMILES string of the molecule is CC(Oc1ccccc1C(C)C)C(=O)Nc1ccccc1C(=O)NCc1ccccc1. The molecule has 2 N–H and O–H groups in total. The third-order valence-corrected chi connectivity index (χ3v) is 4.94. The first-order valence-corrected chi connectivity index (χ1v) is 10.4. The number of nitrogens with one attached hydrogen (secondary N) is 2. The summed E-state index contributed by atoms with van der Waals surface area (Å²) in [6, 6.07) is 24.3. The predicted molar refractivity (Wildman–Crippen MR) is 123 cm³/mol. The normalized spacial score (nSPS) is 11.6. The van der Waals surface area contributed by atoms with E-state index in [0.717, 1.165) is 11.1 Å². The zero-order valence-corrected chi connectivity index (χ0v) is 18.1. The number of carbonyl (C=O) groups is 2. The summed E-state index contributed by atoms with van der Waals surface area (Å²) in [5.41, 5.74) is 2.90. The highest BCUT2D eigenvalue weighted by Gasteiger charge is 2.20. The zero-order chi connectivity index (χ0) is 22.2. The number of rotatable bonds is 8. The highest BCUT2D eigenvalue weighted by molar-refractivity contribution is 6.04. The topological polar surface area (TPSA) is 67.4 Å². The van der Waals surface area contributed by atoms with Crippen LogP contribution < -0.4 is 15.4 Å². The van der Waals surface area contributed by atoms with Gasteiger partial charge in [0.15, 0.2) is 6.10 Å². The molecular weight excluding hydrogens is 388 g/mol. The number of para-hydroxylation sites is 2. The Bertz CT molecular complexity index is 1030. The van der Waals surface area contributed by atoms with E-state index in [2.05, 4.69) is 24.5 Å². The van der Waals surface area contributed by atoms with Gasteiger partial charge in [0.25, 0.3) is 11.8 Å². The van der Waals surface area contributed by atoms with Crippen molar-refractivity contribution < 1.29 is 14.3 Å². The summed E-state index contributed by atoms with van der Waals surface area (Å²) in [6.07, 6.45) is -0.722. The summed E-state index contributed by atoms with van der Waals surface area (Å²) in [5.74, 6) is 0.398. The lowest BCUT2D eigenvalue weighted by molar-refractivity contribution is -0.122. The van der Waals surface area contributed by atoms with E-state index in [1.54, 1.807) is 31.2 Å². The highest BCUT2D eigenvalue weighted by Crippen LogP contribution is 2.27. The van der Waals surface area contributed by atoms with E-state index >= 15 is 0 Å². The Kier molecular flexibility index (Phi) is 7.44. The van der Waals surface area contributed by atoms with Gasteiger partial charge in [0.2, 0.25) is 0 Å². The molecule has 0 spiro atoms. The predicted octanol–water partition coefficient (Wildman–Crippen LogP) is 5.15. The van der Waals surface area contributed by atoms with Crippen molar-refractivity contribution in [1.82, 2.24) is 5.32 Å². The van der Waals surface area contributed by atoms with Crippen LogP contribution in [0, 0.1) is 0 Å².